The standard InChI is InChI=1S/C57H102N2O4/c1-8-15-18-21-26-33-41-50(11-4)62-51(12-5)42-34-29-24-31-38-47-59(49-40-46-58-55-54(14-7)56(60)57(55)61)48-39-32-25-30-35-43-52(13-6)63-53(44-36-27-22-19-16-9-2)45-37-28-23-20-17-10-3/h50,53,58H,5-6,8-11,14-49H2,1-4,7H3. The zero-order valence-electron chi connectivity index (χ0n) is 42.4. The van der Waals surface area contributed by atoms with E-state index in [4.69, 9.17) is 9.47 Å². The molecule has 1 unspecified atom stereocenters. The zero-order chi connectivity index (χ0) is 46.0. The van der Waals surface area contributed by atoms with Gasteiger partial charge in [-0.15, -0.1) is 0 Å². The number of nitrogens with zero attached hydrogens (tertiary/aromatic N) is 1. The lowest BCUT2D eigenvalue weighted by atomic mass is 10.0. The molecule has 1 atom stereocenters. The van der Waals surface area contributed by atoms with Crippen molar-refractivity contribution in [1.82, 2.24) is 4.90 Å². The van der Waals surface area contributed by atoms with E-state index in [2.05, 4.69) is 62.5 Å². The van der Waals surface area contributed by atoms with Crippen LogP contribution in [0.25, 0.3) is 0 Å². The first-order valence-corrected chi connectivity index (χ1v) is 27.3. The Kier molecular flexibility index (Phi) is 39.1. The molecule has 0 aromatic heterocycles. The van der Waals surface area contributed by atoms with Crippen molar-refractivity contribution in [1.29, 1.82) is 0 Å². The van der Waals surface area contributed by atoms with E-state index in [0.717, 1.165) is 95.5 Å². The first-order valence-electron chi connectivity index (χ1n) is 27.3. The average molecular weight is 879 g/mol. The molecule has 0 spiro atoms. The summed E-state index contributed by atoms with van der Waals surface area (Å²) in [6.45, 7) is 23.0. The van der Waals surface area contributed by atoms with Crippen molar-refractivity contribution in [2.45, 2.75) is 278 Å². The van der Waals surface area contributed by atoms with Gasteiger partial charge in [0.25, 0.3) is 0 Å². The first kappa shape index (κ1) is 58.5. The number of ether oxygens (including phenoxy) is 2. The van der Waals surface area contributed by atoms with E-state index in [1.807, 2.05) is 6.92 Å². The quantitative estimate of drug-likeness (QED) is 0.0304. The van der Waals surface area contributed by atoms with Crippen LogP contribution in [0.4, 0.5) is 5.69 Å². The van der Waals surface area contributed by atoms with Gasteiger partial charge in [-0.2, -0.15) is 0 Å². The SMILES string of the molecule is C=C=C(CCCCCCCN(CCCCCCCC(=C=C)OC(CCCCCCCC)CCCCCCCC)CCCNc1c(CC)c(=O)c1=O)OC(CC)CCCCCCCC. The van der Waals surface area contributed by atoms with Gasteiger partial charge in [0.15, 0.2) is 0 Å². The molecule has 63 heavy (non-hydrogen) atoms. The molecule has 0 radical (unpaired) electrons. The lowest BCUT2D eigenvalue weighted by molar-refractivity contribution is 0.0890. The number of unbranched alkanes of at least 4 members (excludes halogenated alkanes) is 23. The average Bonchev–Trinajstić information content (AvgIpc) is 3.30. The molecule has 6 heteroatoms. The van der Waals surface area contributed by atoms with Crippen molar-refractivity contribution < 1.29 is 9.47 Å². The zero-order valence-corrected chi connectivity index (χ0v) is 42.4. The highest BCUT2D eigenvalue weighted by Gasteiger charge is 2.18. The van der Waals surface area contributed by atoms with Crippen LogP contribution in [-0.2, 0) is 15.9 Å². The molecular formula is C57H102N2O4. The maximum Gasteiger partial charge on any atom is 0.249 e. The first-order chi connectivity index (χ1) is 30.9. The summed E-state index contributed by atoms with van der Waals surface area (Å²) in [6.07, 6.45) is 44.5. The third kappa shape index (κ3) is 30.3. The fourth-order valence-electron chi connectivity index (χ4n) is 8.96. The summed E-state index contributed by atoms with van der Waals surface area (Å²) in [5.74, 6) is 1.95. The van der Waals surface area contributed by atoms with Gasteiger partial charge in [-0.25, -0.2) is 0 Å². The summed E-state index contributed by atoms with van der Waals surface area (Å²) in [5.41, 5.74) is 6.87. The van der Waals surface area contributed by atoms with Crippen molar-refractivity contribution in [3.63, 3.8) is 0 Å². The smallest absolute Gasteiger partial charge is 0.249 e. The lowest BCUT2D eigenvalue weighted by Crippen LogP contribution is -2.38. The molecule has 0 aliphatic carbocycles. The Labute approximate surface area is 390 Å². The largest absolute Gasteiger partial charge is 0.487 e. The normalized spacial score (nSPS) is 11.9. The van der Waals surface area contributed by atoms with Gasteiger partial charge >= 0.3 is 0 Å². The summed E-state index contributed by atoms with van der Waals surface area (Å²) in [4.78, 5) is 26.6. The third-order valence-corrected chi connectivity index (χ3v) is 13.2. The van der Waals surface area contributed by atoms with Gasteiger partial charge in [0.05, 0.1) is 17.9 Å². The van der Waals surface area contributed by atoms with Crippen LogP contribution in [0.15, 0.2) is 45.7 Å². The van der Waals surface area contributed by atoms with Crippen LogP contribution in [-0.4, -0.2) is 43.3 Å². The monoisotopic (exact) mass is 879 g/mol. The molecule has 1 rings (SSSR count). The highest BCUT2D eigenvalue weighted by Crippen LogP contribution is 2.23. The second-order valence-electron chi connectivity index (χ2n) is 18.8. The van der Waals surface area contributed by atoms with Crippen LogP contribution >= 0.6 is 0 Å². The molecule has 0 fully saturated rings. The van der Waals surface area contributed by atoms with Crippen molar-refractivity contribution in [2.75, 3.05) is 31.5 Å². The van der Waals surface area contributed by atoms with Crippen LogP contribution in [0.2, 0.25) is 0 Å². The summed E-state index contributed by atoms with van der Waals surface area (Å²) in [5, 5.41) is 3.29. The fourth-order valence-corrected chi connectivity index (χ4v) is 8.96. The van der Waals surface area contributed by atoms with Crippen LogP contribution < -0.4 is 16.2 Å². The molecule has 0 heterocycles. The maximum atomic E-state index is 12.1. The Morgan fingerprint density at radius 2 is 0.873 bits per heavy atom. The van der Waals surface area contributed by atoms with E-state index in [1.165, 1.54) is 167 Å². The van der Waals surface area contributed by atoms with Gasteiger partial charge in [0.2, 0.25) is 10.9 Å². The molecule has 0 amide bonds. The van der Waals surface area contributed by atoms with Crippen LogP contribution in [0.1, 0.15) is 265 Å². The summed E-state index contributed by atoms with van der Waals surface area (Å²) in [6, 6.07) is 0. The van der Waals surface area contributed by atoms with E-state index in [1.54, 1.807) is 0 Å². The highest BCUT2D eigenvalue weighted by atomic mass is 16.5. The van der Waals surface area contributed by atoms with Crippen molar-refractivity contribution in [2.24, 2.45) is 0 Å². The molecule has 1 N–H and O–H groups in total. The van der Waals surface area contributed by atoms with Crippen molar-refractivity contribution in [3.05, 3.63) is 62.1 Å². The van der Waals surface area contributed by atoms with Gasteiger partial charge < -0.3 is 19.7 Å². The number of allylic oxidation sites excluding steroid dienone is 2. The molecule has 0 bridgehead atoms. The number of anilines is 1. The minimum atomic E-state index is -0.340. The Morgan fingerprint density at radius 1 is 0.492 bits per heavy atom. The maximum absolute atomic E-state index is 12.1. The topological polar surface area (TPSA) is 67.9 Å². The molecule has 1 aromatic rings. The molecule has 0 saturated carbocycles. The van der Waals surface area contributed by atoms with Crippen molar-refractivity contribution in [3.8, 4) is 0 Å². The number of hydrogen-bond acceptors (Lipinski definition) is 6. The van der Waals surface area contributed by atoms with E-state index in [-0.39, 0.29) is 10.9 Å². The molecular weight excluding hydrogens is 777 g/mol. The molecule has 0 aliphatic rings. The van der Waals surface area contributed by atoms with Gasteiger partial charge in [-0.05, 0) is 103 Å². The summed E-state index contributed by atoms with van der Waals surface area (Å²) < 4.78 is 13.0. The van der Waals surface area contributed by atoms with Gasteiger partial charge in [0.1, 0.15) is 11.5 Å². The number of nitrogens with one attached hydrogen (secondary N) is 1. The lowest BCUT2D eigenvalue weighted by Gasteiger charge is -2.23. The van der Waals surface area contributed by atoms with E-state index in [0.29, 0.717) is 29.9 Å². The van der Waals surface area contributed by atoms with Crippen LogP contribution in [0.3, 0.4) is 0 Å². The predicted molar refractivity (Wildman–Crippen MR) is 275 cm³/mol. The predicted octanol–water partition coefficient (Wildman–Crippen LogP) is 16.4. The van der Waals surface area contributed by atoms with Crippen molar-refractivity contribution >= 4 is 5.69 Å². The molecule has 6 nitrogen and oxygen atoms in total. The Balaban J connectivity index is 2.49. The Hall–Kier alpha value is -2.52. The Morgan fingerprint density at radius 3 is 1.30 bits per heavy atom. The number of rotatable bonds is 48. The second kappa shape index (κ2) is 42.1. The number of hydrogen-bond donors (Lipinski definition) is 1. The van der Waals surface area contributed by atoms with Crippen LogP contribution in [0.5, 0.6) is 0 Å². The van der Waals surface area contributed by atoms with Crippen LogP contribution in [0, 0.1) is 0 Å². The van der Waals surface area contributed by atoms with E-state index < -0.39 is 0 Å². The Bertz CT molecular complexity index is 1360. The second-order valence-corrected chi connectivity index (χ2v) is 18.8. The minimum absolute atomic E-state index is 0.294. The molecule has 0 aliphatic heterocycles. The highest BCUT2D eigenvalue weighted by molar-refractivity contribution is 5.56. The molecule has 0 saturated heterocycles. The molecule has 1 aromatic carbocycles. The van der Waals surface area contributed by atoms with E-state index >= 15 is 0 Å². The minimum Gasteiger partial charge on any atom is -0.487 e. The summed E-state index contributed by atoms with van der Waals surface area (Å²) >= 11 is 0. The van der Waals surface area contributed by atoms with Gasteiger partial charge in [0, 0.05) is 24.9 Å². The fraction of sp³-hybridized carbons (Fsp3) is 0.825. The van der Waals surface area contributed by atoms with Gasteiger partial charge in [-0.3, -0.25) is 9.59 Å². The van der Waals surface area contributed by atoms with E-state index in [9.17, 15) is 9.59 Å². The molecule has 364 valence electrons. The van der Waals surface area contributed by atoms with Gasteiger partial charge in [-0.1, -0.05) is 194 Å². The summed E-state index contributed by atoms with van der Waals surface area (Å²) in [7, 11) is 0. The third-order valence-electron chi connectivity index (χ3n) is 13.2.